The minimum Gasteiger partial charge on any atom is -0.308 e. The molecule has 0 bridgehead atoms. The fraction of sp³-hybridized carbons (Fsp3) is 0. The zero-order valence-electron chi connectivity index (χ0n) is 28.0. The topological polar surface area (TPSA) is 35.1 Å². The van der Waals surface area contributed by atoms with E-state index >= 15 is 0 Å². The van der Waals surface area contributed by atoms with Gasteiger partial charge in [-0.2, -0.15) is 0 Å². The minimum atomic E-state index is 0.703. The lowest BCUT2D eigenvalue weighted by Crippen LogP contribution is -2.03. The minimum absolute atomic E-state index is 0.703. The Morgan fingerprint density at radius 1 is 0.365 bits per heavy atom. The maximum Gasteiger partial charge on any atom is 0.162 e. The third-order valence-corrected chi connectivity index (χ3v) is 11.0. The van der Waals surface area contributed by atoms with Gasteiger partial charge in [-0.15, -0.1) is 0 Å². The van der Waals surface area contributed by atoms with E-state index < -0.39 is 0 Å². The van der Waals surface area contributed by atoms with Crippen molar-refractivity contribution in [3.63, 3.8) is 0 Å². The molecule has 0 aliphatic rings. The molecule has 0 radical (unpaired) electrons. The number of hydrogen-bond acceptors (Lipinski definition) is 2. The number of benzene rings is 8. The Hall–Kier alpha value is -7.04. The molecule has 0 fully saturated rings. The Kier molecular flexibility index (Phi) is 5.47. The van der Waals surface area contributed by atoms with Crippen molar-refractivity contribution in [3.8, 4) is 28.3 Å². The van der Waals surface area contributed by atoms with Crippen LogP contribution >= 0.6 is 0 Å². The lowest BCUT2D eigenvalue weighted by molar-refractivity contribution is 1.08. The second-order valence-corrected chi connectivity index (χ2v) is 13.8. The summed E-state index contributed by atoms with van der Waals surface area (Å²) >= 11 is 0. The highest BCUT2D eigenvalue weighted by Crippen LogP contribution is 2.47. The molecule has 12 aromatic rings. The molecule has 4 nitrogen and oxygen atoms in total. The molecule has 0 aliphatic carbocycles. The van der Waals surface area contributed by atoms with Crippen LogP contribution in [-0.4, -0.2) is 18.9 Å². The van der Waals surface area contributed by atoms with E-state index in [0.717, 1.165) is 33.4 Å². The van der Waals surface area contributed by atoms with E-state index in [1.807, 2.05) is 0 Å². The van der Waals surface area contributed by atoms with E-state index in [1.54, 1.807) is 0 Å². The van der Waals surface area contributed by atoms with Crippen LogP contribution in [-0.2, 0) is 0 Å². The van der Waals surface area contributed by atoms with Gasteiger partial charge in [0.15, 0.2) is 5.82 Å². The van der Waals surface area contributed by atoms with Gasteiger partial charge in [-0.1, -0.05) is 121 Å². The van der Waals surface area contributed by atoms with Crippen molar-refractivity contribution in [1.82, 2.24) is 18.9 Å². The summed E-state index contributed by atoms with van der Waals surface area (Å²) in [5.74, 6) is 1.58. The summed E-state index contributed by atoms with van der Waals surface area (Å²) in [6.45, 7) is 0. The van der Waals surface area contributed by atoms with Crippen LogP contribution in [0.5, 0.6) is 0 Å². The first-order valence-corrected chi connectivity index (χ1v) is 17.8. The first-order chi connectivity index (χ1) is 25.8. The molecule has 4 aromatic heterocycles. The first kappa shape index (κ1) is 27.7. The number of nitrogens with zero attached hydrogens (tertiary/aromatic N) is 4. The zero-order chi connectivity index (χ0) is 33.9. The molecular weight excluding hydrogens is 633 g/mol. The van der Waals surface area contributed by atoms with Crippen LogP contribution in [0.25, 0.3) is 110 Å². The average molecular weight is 661 g/mol. The Morgan fingerprint density at radius 2 is 1.00 bits per heavy atom. The molecule has 4 heterocycles. The van der Waals surface area contributed by atoms with Gasteiger partial charge in [-0.05, 0) is 70.4 Å². The second-order valence-electron chi connectivity index (χ2n) is 13.8. The molecule has 8 aromatic carbocycles. The van der Waals surface area contributed by atoms with E-state index in [9.17, 15) is 0 Å². The van der Waals surface area contributed by atoms with Crippen LogP contribution in [0.1, 0.15) is 0 Å². The molecule has 12 rings (SSSR count). The summed E-state index contributed by atoms with van der Waals surface area (Å²) in [5, 5.41) is 10.9. The second kappa shape index (κ2) is 10.3. The normalized spacial score (nSPS) is 12.2. The van der Waals surface area contributed by atoms with Gasteiger partial charge in [-0.25, -0.2) is 9.97 Å². The molecule has 0 spiro atoms. The van der Waals surface area contributed by atoms with Crippen molar-refractivity contribution in [2.24, 2.45) is 0 Å². The molecule has 0 amide bonds. The molecule has 0 saturated heterocycles. The van der Waals surface area contributed by atoms with Gasteiger partial charge in [0.05, 0.1) is 33.1 Å². The highest BCUT2D eigenvalue weighted by molar-refractivity contribution is 6.34. The Balaban J connectivity index is 1.29. The molecule has 240 valence electrons. The summed E-state index contributed by atoms with van der Waals surface area (Å²) in [5.41, 5.74) is 10.2. The van der Waals surface area contributed by atoms with Crippen molar-refractivity contribution >= 4 is 81.6 Å². The number of hydrogen-bond donors (Lipinski definition) is 0. The maximum absolute atomic E-state index is 5.54. The summed E-state index contributed by atoms with van der Waals surface area (Å²) in [4.78, 5) is 10.7. The molecule has 0 aliphatic heterocycles. The fourth-order valence-electron chi connectivity index (χ4n) is 8.74. The number of aromatic nitrogens is 4. The molecule has 0 unspecified atom stereocenters. The van der Waals surface area contributed by atoms with E-state index in [-0.39, 0.29) is 0 Å². The average Bonchev–Trinajstić information content (AvgIpc) is 3.84. The van der Waals surface area contributed by atoms with Gasteiger partial charge in [0.2, 0.25) is 0 Å². The third-order valence-electron chi connectivity index (χ3n) is 11.0. The highest BCUT2D eigenvalue weighted by Gasteiger charge is 2.26. The van der Waals surface area contributed by atoms with E-state index in [4.69, 9.17) is 9.97 Å². The van der Waals surface area contributed by atoms with Crippen LogP contribution in [0.4, 0.5) is 0 Å². The molecule has 4 heteroatoms. The van der Waals surface area contributed by atoms with Crippen molar-refractivity contribution in [2.75, 3.05) is 0 Å². The lowest BCUT2D eigenvalue weighted by atomic mass is 10.0. The van der Waals surface area contributed by atoms with Crippen molar-refractivity contribution in [2.45, 2.75) is 0 Å². The standard InChI is InChI=1S/C48H28N4/c1-2-13-29(14-3-1)30-17-12-18-33(25-30)47-49-40-22-9-6-20-35(40)48(50-47)52-43-27-32-16-5-4-15-31(32)26-37(43)39-28-38-34-19-7-10-23-41(34)51-42-24-11-8-21-36(42)44(45(38)51)46(39)52/h1-28H. The van der Waals surface area contributed by atoms with Gasteiger partial charge in [0.1, 0.15) is 5.82 Å². The van der Waals surface area contributed by atoms with Crippen molar-refractivity contribution in [3.05, 3.63) is 170 Å². The largest absolute Gasteiger partial charge is 0.308 e. The van der Waals surface area contributed by atoms with E-state index in [1.165, 1.54) is 70.7 Å². The Morgan fingerprint density at radius 3 is 1.85 bits per heavy atom. The van der Waals surface area contributed by atoms with Crippen LogP contribution < -0.4 is 0 Å². The summed E-state index contributed by atoms with van der Waals surface area (Å²) in [6.07, 6.45) is 0. The quantitative estimate of drug-likeness (QED) is 0.189. The highest BCUT2D eigenvalue weighted by atomic mass is 15.1. The first-order valence-electron chi connectivity index (χ1n) is 17.8. The predicted octanol–water partition coefficient (Wildman–Crippen LogP) is 12.4. The van der Waals surface area contributed by atoms with E-state index in [0.29, 0.717) is 5.82 Å². The third kappa shape index (κ3) is 3.70. The van der Waals surface area contributed by atoms with Crippen molar-refractivity contribution in [1.29, 1.82) is 0 Å². The fourth-order valence-corrected chi connectivity index (χ4v) is 8.74. The molecular formula is C48H28N4. The predicted molar refractivity (Wildman–Crippen MR) is 217 cm³/mol. The molecule has 0 N–H and O–H groups in total. The Bertz CT molecular complexity index is 3410. The number of para-hydroxylation sites is 3. The molecule has 0 saturated carbocycles. The monoisotopic (exact) mass is 660 g/mol. The van der Waals surface area contributed by atoms with Crippen LogP contribution in [0, 0.1) is 0 Å². The molecule has 52 heavy (non-hydrogen) atoms. The van der Waals surface area contributed by atoms with Gasteiger partial charge in [0, 0.05) is 43.3 Å². The summed E-state index contributed by atoms with van der Waals surface area (Å²) in [7, 11) is 0. The van der Waals surface area contributed by atoms with Crippen LogP contribution in [0.2, 0.25) is 0 Å². The Labute approximate surface area is 297 Å². The zero-order valence-corrected chi connectivity index (χ0v) is 28.0. The van der Waals surface area contributed by atoms with Gasteiger partial charge in [-0.3, -0.25) is 4.57 Å². The van der Waals surface area contributed by atoms with Gasteiger partial charge >= 0.3 is 0 Å². The smallest absolute Gasteiger partial charge is 0.162 e. The maximum atomic E-state index is 5.54. The SMILES string of the molecule is c1ccc(-c2cccc(-c3nc(-n4c5cc6ccccc6cc5c5cc6c7ccccc7n7c8ccccc8c(c54)c67)c4ccccc4n3)c2)cc1. The van der Waals surface area contributed by atoms with Crippen LogP contribution in [0.3, 0.4) is 0 Å². The summed E-state index contributed by atoms with van der Waals surface area (Å²) in [6, 6.07) is 61.0. The van der Waals surface area contributed by atoms with E-state index in [2.05, 4.69) is 179 Å². The number of rotatable bonds is 3. The van der Waals surface area contributed by atoms with Crippen molar-refractivity contribution < 1.29 is 0 Å². The number of fused-ring (bicyclic) bond motifs is 12. The summed E-state index contributed by atoms with van der Waals surface area (Å²) < 4.78 is 4.90. The molecule has 0 atom stereocenters. The lowest BCUT2D eigenvalue weighted by Gasteiger charge is -2.14. The van der Waals surface area contributed by atoms with Gasteiger partial charge in [0.25, 0.3) is 0 Å². The van der Waals surface area contributed by atoms with Crippen LogP contribution in [0.15, 0.2) is 170 Å². The van der Waals surface area contributed by atoms with Gasteiger partial charge < -0.3 is 4.40 Å².